The van der Waals surface area contributed by atoms with Crippen LogP contribution in [-0.2, 0) is 0 Å². The number of hydrogen-bond acceptors (Lipinski definition) is 5. The Morgan fingerprint density at radius 3 is 2.78 bits per heavy atom. The van der Waals surface area contributed by atoms with Gasteiger partial charge in [0.2, 0.25) is 0 Å². The number of carbonyl (C=O) groups is 1. The minimum absolute atomic E-state index is 0.203. The summed E-state index contributed by atoms with van der Waals surface area (Å²) >= 11 is 7.23. The van der Waals surface area contributed by atoms with E-state index in [-0.39, 0.29) is 16.7 Å². The standard InChI is InChI=1S/C11H11ClN4OS/c1-5-6(2)18-11(15-5)16-10(17)7-3-8(12)9(13)14-4-7/h3-4H,1-2H3,(H2,13,14)(H,15,16,17). The van der Waals surface area contributed by atoms with Gasteiger partial charge in [-0.1, -0.05) is 11.6 Å². The highest BCUT2D eigenvalue weighted by molar-refractivity contribution is 7.15. The molecule has 7 heteroatoms. The molecule has 18 heavy (non-hydrogen) atoms. The number of anilines is 2. The van der Waals surface area contributed by atoms with E-state index in [4.69, 9.17) is 17.3 Å². The maximum atomic E-state index is 11.9. The Bertz CT molecular complexity index is 592. The number of rotatable bonds is 2. The molecule has 1 amide bonds. The summed E-state index contributed by atoms with van der Waals surface area (Å²) in [5.74, 6) is -0.104. The number of nitrogens with two attached hydrogens (primary N) is 1. The summed E-state index contributed by atoms with van der Waals surface area (Å²) in [6.45, 7) is 3.84. The minimum Gasteiger partial charge on any atom is -0.382 e. The Morgan fingerprint density at radius 1 is 1.50 bits per heavy atom. The van der Waals surface area contributed by atoms with E-state index in [0.29, 0.717) is 10.7 Å². The van der Waals surface area contributed by atoms with Crippen LogP contribution in [0.1, 0.15) is 20.9 Å². The normalized spacial score (nSPS) is 10.4. The van der Waals surface area contributed by atoms with Gasteiger partial charge in [0.15, 0.2) is 5.13 Å². The minimum atomic E-state index is -0.307. The van der Waals surface area contributed by atoms with E-state index in [0.717, 1.165) is 10.6 Å². The van der Waals surface area contributed by atoms with Crippen LogP contribution in [0, 0.1) is 13.8 Å². The van der Waals surface area contributed by atoms with Crippen molar-refractivity contribution < 1.29 is 4.79 Å². The highest BCUT2D eigenvalue weighted by Crippen LogP contribution is 2.22. The molecular weight excluding hydrogens is 272 g/mol. The van der Waals surface area contributed by atoms with Gasteiger partial charge in [-0.2, -0.15) is 0 Å². The summed E-state index contributed by atoms with van der Waals surface area (Å²) in [4.78, 5) is 21.0. The molecule has 0 saturated heterocycles. The Morgan fingerprint density at radius 2 is 2.22 bits per heavy atom. The van der Waals surface area contributed by atoms with E-state index in [2.05, 4.69) is 15.3 Å². The molecule has 0 atom stereocenters. The van der Waals surface area contributed by atoms with Gasteiger partial charge in [0.25, 0.3) is 5.91 Å². The fourth-order valence-electron chi connectivity index (χ4n) is 1.27. The van der Waals surface area contributed by atoms with Crippen molar-refractivity contribution in [1.82, 2.24) is 9.97 Å². The summed E-state index contributed by atoms with van der Waals surface area (Å²) in [7, 11) is 0. The fraction of sp³-hybridized carbons (Fsp3) is 0.182. The smallest absolute Gasteiger partial charge is 0.259 e. The van der Waals surface area contributed by atoms with Crippen LogP contribution in [0.2, 0.25) is 5.02 Å². The second kappa shape index (κ2) is 4.91. The van der Waals surface area contributed by atoms with E-state index < -0.39 is 0 Å². The first-order chi connectivity index (χ1) is 8.47. The third kappa shape index (κ3) is 2.60. The highest BCUT2D eigenvalue weighted by Gasteiger charge is 2.11. The van der Waals surface area contributed by atoms with Gasteiger partial charge in [0.1, 0.15) is 5.82 Å². The quantitative estimate of drug-likeness (QED) is 0.887. The van der Waals surface area contributed by atoms with E-state index in [1.807, 2.05) is 13.8 Å². The molecule has 0 radical (unpaired) electrons. The monoisotopic (exact) mass is 282 g/mol. The second-order valence-corrected chi connectivity index (χ2v) is 5.32. The van der Waals surface area contributed by atoms with Gasteiger partial charge in [-0.25, -0.2) is 9.97 Å². The molecule has 2 aromatic rings. The number of carbonyl (C=O) groups excluding carboxylic acids is 1. The van der Waals surface area contributed by atoms with Crippen molar-refractivity contribution in [3.63, 3.8) is 0 Å². The molecule has 0 aliphatic heterocycles. The topological polar surface area (TPSA) is 80.9 Å². The average Bonchev–Trinajstić information content (AvgIpc) is 2.61. The molecule has 0 aromatic carbocycles. The zero-order valence-electron chi connectivity index (χ0n) is 9.82. The number of nitrogens with zero attached hydrogens (tertiary/aromatic N) is 2. The maximum absolute atomic E-state index is 11.9. The Labute approximate surface area is 113 Å². The van der Waals surface area contributed by atoms with Crippen molar-refractivity contribution in [2.75, 3.05) is 11.1 Å². The van der Waals surface area contributed by atoms with Crippen molar-refractivity contribution in [3.8, 4) is 0 Å². The van der Waals surface area contributed by atoms with Gasteiger partial charge < -0.3 is 5.73 Å². The van der Waals surface area contributed by atoms with Crippen LogP contribution in [0.25, 0.3) is 0 Å². The molecule has 0 unspecified atom stereocenters. The molecule has 5 nitrogen and oxygen atoms in total. The molecule has 0 fully saturated rings. The van der Waals surface area contributed by atoms with Crippen molar-refractivity contribution in [3.05, 3.63) is 33.4 Å². The Kier molecular flexibility index (Phi) is 3.49. The molecule has 0 aliphatic carbocycles. The molecule has 0 spiro atoms. The van der Waals surface area contributed by atoms with Crippen LogP contribution in [-0.4, -0.2) is 15.9 Å². The van der Waals surface area contributed by atoms with Crippen LogP contribution >= 0.6 is 22.9 Å². The van der Waals surface area contributed by atoms with Crippen LogP contribution in [0.15, 0.2) is 12.3 Å². The number of thiazole rings is 1. The maximum Gasteiger partial charge on any atom is 0.259 e. The van der Waals surface area contributed by atoms with Crippen LogP contribution in [0.3, 0.4) is 0 Å². The number of aryl methyl sites for hydroxylation is 2. The first-order valence-corrected chi connectivity index (χ1v) is 6.33. The number of aromatic nitrogens is 2. The van der Waals surface area contributed by atoms with Crippen molar-refractivity contribution in [2.45, 2.75) is 13.8 Å². The first-order valence-electron chi connectivity index (χ1n) is 5.14. The summed E-state index contributed by atoms with van der Waals surface area (Å²) in [6, 6.07) is 1.48. The largest absolute Gasteiger partial charge is 0.382 e. The lowest BCUT2D eigenvalue weighted by atomic mass is 10.2. The predicted molar refractivity (Wildman–Crippen MR) is 73.2 cm³/mol. The number of amides is 1. The van der Waals surface area contributed by atoms with Gasteiger partial charge in [0, 0.05) is 11.1 Å². The number of nitrogens with one attached hydrogen (secondary N) is 1. The molecule has 0 aliphatic rings. The van der Waals surface area contributed by atoms with E-state index in [1.54, 1.807) is 0 Å². The molecule has 0 saturated carbocycles. The van der Waals surface area contributed by atoms with Gasteiger partial charge in [-0.05, 0) is 19.9 Å². The average molecular weight is 283 g/mol. The highest BCUT2D eigenvalue weighted by atomic mass is 35.5. The van der Waals surface area contributed by atoms with Gasteiger partial charge in [0.05, 0.1) is 16.3 Å². The van der Waals surface area contributed by atoms with Crippen LogP contribution < -0.4 is 11.1 Å². The fourth-order valence-corrected chi connectivity index (χ4v) is 2.24. The Balaban J connectivity index is 2.19. The number of hydrogen-bond donors (Lipinski definition) is 2. The van der Waals surface area contributed by atoms with Crippen molar-refractivity contribution in [1.29, 1.82) is 0 Å². The van der Waals surface area contributed by atoms with Gasteiger partial charge >= 0.3 is 0 Å². The zero-order chi connectivity index (χ0) is 13.3. The molecular formula is C11H11ClN4OS. The summed E-state index contributed by atoms with van der Waals surface area (Å²) < 4.78 is 0. The van der Waals surface area contributed by atoms with Crippen molar-refractivity contribution >= 4 is 39.8 Å². The van der Waals surface area contributed by atoms with E-state index in [1.165, 1.54) is 23.6 Å². The number of halogens is 1. The van der Waals surface area contributed by atoms with Crippen LogP contribution in [0.4, 0.5) is 10.9 Å². The second-order valence-electron chi connectivity index (χ2n) is 3.71. The van der Waals surface area contributed by atoms with E-state index >= 15 is 0 Å². The molecule has 2 rings (SSSR count). The molecule has 94 valence electrons. The Hall–Kier alpha value is -1.66. The zero-order valence-corrected chi connectivity index (χ0v) is 11.4. The molecule has 0 bridgehead atoms. The first kappa shape index (κ1) is 12.8. The predicted octanol–water partition coefficient (Wildman–Crippen LogP) is 2.64. The molecule has 2 heterocycles. The number of pyridine rings is 1. The van der Waals surface area contributed by atoms with Crippen LogP contribution in [0.5, 0.6) is 0 Å². The van der Waals surface area contributed by atoms with Gasteiger partial charge in [-0.15, -0.1) is 11.3 Å². The molecule has 3 N–H and O–H groups in total. The third-order valence-electron chi connectivity index (χ3n) is 2.38. The molecule has 2 aromatic heterocycles. The van der Waals surface area contributed by atoms with E-state index in [9.17, 15) is 4.79 Å². The number of nitrogen functional groups attached to an aromatic ring is 1. The lowest BCUT2D eigenvalue weighted by molar-refractivity contribution is 0.102. The van der Waals surface area contributed by atoms with Crippen molar-refractivity contribution in [2.24, 2.45) is 0 Å². The lowest BCUT2D eigenvalue weighted by Crippen LogP contribution is -2.12. The summed E-state index contributed by atoms with van der Waals surface area (Å²) in [6.07, 6.45) is 1.38. The van der Waals surface area contributed by atoms with Gasteiger partial charge in [-0.3, -0.25) is 10.1 Å². The summed E-state index contributed by atoms with van der Waals surface area (Å²) in [5.41, 5.74) is 6.73. The summed E-state index contributed by atoms with van der Waals surface area (Å²) in [5, 5.41) is 3.51. The lowest BCUT2D eigenvalue weighted by Gasteiger charge is -2.02. The third-order valence-corrected chi connectivity index (χ3v) is 3.67. The SMILES string of the molecule is Cc1nc(NC(=O)c2cnc(N)c(Cl)c2)sc1C.